The average molecular weight is 362 g/mol. The molecule has 5 heteroatoms. The van der Waals surface area contributed by atoms with Gasteiger partial charge in [-0.05, 0) is 61.3 Å². The minimum Gasteiger partial charge on any atom is -0.492 e. The Morgan fingerprint density at radius 1 is 1.00 bits per heavy atom. The van der Waals surface area contributed by atoms with Crippen molar-refractivity contribution < 1.29 is 4.74 Å². The van der Waals surface area contributed by atoms with Crippen LogP contribution < -0.4 is 15.4 Å². The van der Waals surface area contributed by atoms with Gasteiger partial charge in [-0.3, -0.25) is 4.90 Å². The van der Waals surface area contributed by atoms with Crippen LogP contribution in [0.25, 0.3) is 5.57 Å². The predicted molar refractivity (Wildman–Crippen MR) is 111 cm³/mol. The predicted octanol–water partition coefficient (Wildman–Crippen LogP) is 3.57. The number of aliphatic imine (C=N–C) groups is 1. The van der Waals surface area contributed by atoms with Crippen molar-refractivity contribution in [3.63, 3.8) is 0 Å². The van der Waals surface area contributed by atoms with Crippen molar-refractivity contribution in [2.24, 2.45) is 4.99 Å². The molecule has 27 heavy (non-hydrogen) atoms. The number of guanidine groups is 1. The number of nitrogens with one attached hydrogen (secondary N) is 2. The normalized spacial score (nSPS) is 17.0. The van der Waals surface area contributed by atoms with Crippen molar-refractivity contribution in [1.29, 1.82) is 0 Å². The first-order chi connectivity index (χ1) is 13.4. The van der Waals surface area contributed by atoms with Crippen molar-refractivity contribution in [3.8, 4) is 5.75 Å². The van der Waals surface area contributed by atoms with E-state index >= 15 is 0 Å². The van der Waals surface area contributed by atoms with E-state index in [1.807, 2.05) is 48.7 Å². The maximum absolute atomic E-state index is 5.85. The molecule has 0 bridgehead atoms. The molecular formula is C22H26N4O. The zero-order chi connectivity index (χ0) is 18.3. The molecule has 1 fully saturated rings. The fraction of sp³-hybridized carbons (Fsp3) is 0.318. The van der Waals surface area contributed by atoms with E-state index in [1.165, 1.54) is 37.1 Å². The summed E-state index contributed by atoms with van der Waals surface area (Å²) in [6, 6.07) is 18.4. The molecule has 2 aromatic rings. The second kappa shape index (κ2) is 8.73. The Bertz CT molecular complexity index is 793. The van der Waals surface area contributed by atoms with Crippen LogP contribution in [0.1, 0.15) is 18.4 Å². The number of nitrogens with zero attached hydrogens (tertiary/aromatic N) is 2. The molecule has 0 spiro atoms. The van der Waals surface area contributed by atoms with E-state index in [2.05, 4.69) is 32.7 Å². The Morgan fingerprint density at radius 2 is 1.78 bits per heavy atom. The molecule has 1 saturated heterocycles. The van der Waals surface area contributed by atoms with Crippen LogP contribution in [0.2, 0.25) is 0 Å². The topological polar surface area (TPSA) is 48.9 Å². The van der Waals surface area contributed by atoms with Gasteiger partial charge in [0.1, 0.15) is 12.4 Å². The van der Waals surface area contributed by atoms with Crippen LogP contribution in [0.3, 0.4) is 0 Å². The zero-order valence-electron chi connectivity index (χ0n) is 15.5. The lowest BCUT2D eigenvalue weighted by Crippen LogP contribution is -2.29. The number of ether oxygens (including phenoxy) is 1. The van der Waals surface area contributed by atoms with E-state index in [4.69, 9.17) is 4.74 Å². The average Bonchev–Trinajstić information content (AvgIpc) is 3.24. The molecule has 2 aliphatic rings. The standard InChI is InChI=1S/C22H26N4O/c1-2-6-18(7-3-1)19-16-23-22(24-17-19)25-20-8-10-21(11-9-20)27-15-14-26-12-4-5-13-26/h1-3,6-11,16H,4-5,12-15,17H2,(H2,23,24,25). The van der Waals surface area contributed by atoms with Crippen LogP contribution in [-0.2, 0) is 0 Å². The summed E-state index contributed by atoms with van der Waals surface area (Å²) >= 11 is 0. The second-order valence-electron chi connectivity index (χ2n) is 6.89. The summed E-state index contributed by atoms with van der Waals surface area (Å²) in [5, 5.41) is 6.55. The first-order valence-corrected chi connectivity index (χ1v) is 9.64. The van der Waals surface area contributed by atoms with Crippen LogP contribution in [0, 0.1) is 0 Å². The van der Waals surface area contributed by atoms with Gasteiger partial charge < -0.3 is 15.4 Å². The van der Waals surface area contributed by atoms with Crippen molar-refractivity contribution in [3.05, 3.63) is 66.4 Å². The Hall–Kier alpha value is -2.79. The maximum atomic E-state index is 5.85. The van der Waals surface area contributed by atoms with Gasteiger partial charge in [0.25, 0.3) is 0 Å². The van der Waals surface area contributed by atoms with Gasteiger partial charge in [-0.2, -0.15) is 0 Å². The van der Waals surface area contributed by atoms with Crippen molar-refractivity contribution in [2.75, 3.05) is 38.1 Å². The van der Waals surface area contributed by atoms with Gasteiger partial charge in [-0.1, -0.05) is 30.3 Å². The second-order valence-corrected chi connectivity index (χ2v) is 6.89. The number of benzene rings is 2. The van der Waals surface area contributed by atoms with E-state index in [0.29, 0.717) is 6.54 Å². The van der Waals surface area contributed by atoms with Crippen LogP contribution in [0.5, 0.6) is 5.75 Å². The number of rotatable bonds is 6. The lowest BCUT2D eigenvalue weighted by molar-refractivity contribution is 0.238. The third kappa shape index (κ3) is 4.89. The van der Waals surface area contributed by atoms with Gasteiger partial charge in [0, 0.05) is 18.4 Å². The summed E-state index contributed by atoms with van der Waals surface area (Å²) in [5.74, 6) is 1.67. The van der Waals surface area contributed by atoms with Crippen molar-refractivity contribution >= 4 is 17.2 Å². The molecule has 5 nitrogen and oxygen atoms in total. The van der Waals surface area contributed by atoms with Gasteiger partial charge in [0.15, 0.2) is 5.96 Å². The van der Waals surface area contributed by atoms with Gasteiger partial charge in [0.05, 0.1) is 6.54 Å². The molecule has 0 radical (unpaired) electrons. The van der Waals surface area contributed by atoms with Crippen molar-refractivity contribution in [2.45, 2.75) is 12.8 Å². The van der Waals surface area contributed by atoms with Gasteiger partial charge >= 0.3 is 0 Å². The fourth-order valence-corrected chi connectivity index (χ4v) is 3.38. The molecule has 0 unspecified atom stereocenters. The fourth-order valence-electron chi connectivity index (χ4n) is 3.38. The summed E-state index contributed by atoms with van der Waals surface area (Å²) in [7, 11) is 0. The summed E-state index contributed by atoms with van der Waals surface area (Å²) in [5.41, 5.74) is 3.37. The lowest BCUT2D eigenvalue weighted by atomic mass is 10.1. The number of hydrogen-bond donors (Lipinski definition) is 2. The highest BCUT2D eigenvalue weighted by atomic mass is 16.5. The Morgan fingerprint density at radius 3 is 2.48 bits per heavy atom. The highest BCUT2D eigenvalue weighted by Gasteiger charge is 2.11. The molecule has 0 saturated carbocycles. The quantitative estimate of drug-likeness (QED) is 0.825. The zero-order valence-corrected chi connectivity index (χ0v) is 15.5. The highest BCUT2D eigenvalue weighted by molar-refractivity contribution is 5.96. The van der Waals surface area contributed by atoms with Crippen molar-refractivity contribution in [1.82, 2.24) is 10.2 Å². The third-order valence-corrected chi connectivity index (χ3v) is 4.93. The molecule has 0 amide bonds. The van der Waals surface area contributed by atoms with E-state index in [1.54, 1.807) is 0 Å². The number of anilines is 1. The maximum Gasteiger partial charge on any atom is 0.200 e. The molecule has 4 rings (SSSR count). The Kier molecular flexibility index (Phi) is 5.70. The molecule has 2 N–H and O–H groups in total. The monoisotopic (exact) mass is 362 g/mol. The molecule has 140 valence electrons. The van der Waals surface area contributed by atoms with Crippen LogP contribution in [0.15, 0.2) is 65.8 Å². The summed E-state index contributed by atoms with van der Waals surface area (Å²) in [6.45, 7) is 4.84. The summed E-state index contributed by atoms with van der Waals surface area (Å²) in [6.07, 6.45) is 4.65. The molecule has 0 aromatic heterocycles. The smallest absolute Gasteiger partial charge is 0.200 e. The minimum absolute atomic E-state index is 0.664. The van der Waals surface area contributed by atoms with Crippen LogP contribution in [0.4, 0.5) is 5.69 Å². The van der Waals surface area contributed by atoms with Crippen LogP contribution in [-0.4, -0.2) is 43.6 Å². The van der Waals surface area contributed by atoms with E-state index < -0.39 is 0 Å². The highest BCUT2D eigenvalue weighted by Crippen LogP contribution is 2.18. The van der Waals surface area contributed by atoms with E-state index in [0.717, 1.165) is 30.5 Å². The molecule has 0 aliphatic carbocycles. The van der Waals surface area contributed by atoms with Gasteiger partial charge in [-0.15, -0.1) is 0 Å². The summed E-state index contributed by atoms with van der Waals surface area (Å²) in [4.78, 5) is 7.05. The Balaban J connectivity index is 1.24. The largest absolute Gasteiger partial charge is 0.492 e. The minimum atomic E-state index is 0.664. The molecular weight excluding hydrogens is 336 g/mol. The Labute approximate surface area is 160 Å². The number of hydrogen-bond acceptors (Lipinski definition) is 5. The summed E-state index contributed by atoms with van der Waals surface area (Å²) < 4.78 is 5.85. The van der Waals surface area contributed by atoms with Crippen LogP contribution >= 0.6 is 0 Å². The van der Waals surface area contributed by atoms with E-state index in [-0.39, 0.29) is 0 Å². The lowest BCUT2D eigenvalue weighted by Gasteiger charge is -2.17. The molecule has 2 aliphatic heterocycles. The molecule has 2 heterocycles. The van der Waals surface area contributed by atoms with Gasteiger partial charge in [-0.25, -0.2) is 4.99 Å². The third-order valence-electron chi connectivity index (χ3n) is 4.93. The van der Waals surface area contributed by atoms with E-state index in [9.17, 15) is 0 Å². The first kappa shape index (κ1) is 17.6. The van der Waals surface area contributed by atoms with Gasteiger partial charge in [0.2, 0.25) is 0 Å². The SMILES string of the molecule is C1=C(c2ccccc2)CN=C(Nc2ccc(OCCN3CCCC3)cc2)N1. The molecule has 2 aromatic carbocycles. The molecule has 0 atom stereocenters. The first-order valence-electron chi connectivity index (χ1n) is 9.64. The number of likely N-dealkylation sites (tertiary alicyclic amines) is 1.